The number of nitrogens with two attached hydrogens (primary N) is 1. The summed E-state index contributed by atoms with van der Waals surface area (Å²) in [6.45, 7) is 0. The van der Waals surface area contributed by atoms with Crippen LogP contribution in [0.2, 0.25) is 0 Å². The molecule has 0 radical (unpaired) electrons. The number of carbonyl (C=O) groups excluding carboxylic acids is 1. The molecule has 34 heavy (non-hydrogen) atoms. The lowest BCUT2D eigenvalue weighted by molar-refractivity contribution is -0.143. The largest absolute Gasteiger partial charge is 0.434 e. The Morgan fingerprint density at radius 3 is 2.38 bits per heavy atom. The predicted molar refractivity (Wildman–Crippen MR) is 107 cm³/mol. The van der Waals surface area contributed by atoms with Crippen LogP contribution in [-0.4, -0.2) is 40.6 Å². The summed E-state index contributed by atoms with van der Waals surface area (Å²) in [6, 6.07) is 7.12. The standard InChI is InChI=1S/C19H10F3N11O/c20-19(21,22)15-13(9-29-32(15)14-2-1-10(6-23)16(25)31-14)18(34)30-12-5-11(7-24)17(26-8-12)33-27-3-4-28-33/h1-5,8-9H,(H2,25,31)(H,30,34). The first-order chi connectivity index (χ1) is 16.2. The Balaban J connectivity index is 1.70. The molecule has 15 heteroatoms. The number of hydrogen-bond acceptors (Lipinski definition) is 9. The maximum absolute atomic E-state index is 13.9. The highest BCUT2D eigenvalue weighted by Gasteiger charge is 2.41. The average Bonchev–Trinajstić information content (AvgIpc) is 3.49. The summed E-state index contributed by atoms with van der Waals surface area (Å²) in [6.07, 6.45) is -0.414. The monoisotopic (exact) mass is 465 g/mol. The van der Waals surface area contributed by atoms with E-state index >= 15 is 0 Å². The SMILES string of the molecule is N#Cc1ccc(-n2ncc(C(=O)Nc3cnc(-n4nccn4)c(C#N)c3)c2C(F)(F)F)nc1N. The van der Waals surface area contributed by atoms with Crippen molar-refractivity contribution in [1.82, 2.24) is 34.7 Å². The molecule has 0 spiro atoms. The summed E-state index contributed by atoms with van der Waals surface area (Å²) in [5.41, 5.74) is 3.27. The minimum atomic E-state index is -5.00. The first-order valence-corrected chi connectivity index (χ1v) is 9.13. The lowest BCUT2D eigenvalue weighted by Gasteiger charge is -2.13. The van der Waals surface area contributed by atoms with Crippen molar-refractivity contribution in [2.75, 3.05) is 11.1 Å². The number of nitrogens with zero attached hydrogens (tertiary/aromatic N) is 9. The number of nitriles is 2. The van der Waals surface area contributed by atoms with Crippen molar-refractivity contribution in [3.8, 4) is 23.8 Å². The molecule has 4 aromatic rings. The van der Waals surface area contributed by atoms with Gasteiger partial charge in [0.1, 0.15) is 23.5 Å². The smallest absolute Gasteiger partial charge is 0.383 e. The number of aromatic nitrogens is 7. The molecular formula is C19H10F3N11O. The molecule has 0 bridgehead atoms. The highest BCUT2D eigenvalue weighted by Crippen LogP contribution is 2.34. The summed E-state index contributed by atoms with van der Waals surface area (Å²) in [7, 11) is 0. The zero-order chi connectivity index (χ0) is 24.5. The molecule has 3 N–H and O–H groups in total. The zero-order valence-corrected chi connectivity index (χ0v) is 16.7. The molecule has 0 aliphatic rings. The van der Waals surface area contributed by atoms with Gasteiger partial charge in [0.25, 0.3) is 5.91 Å². The molecule has 0 aliphatic heterocycles. The normalized spacial score (nSPS) is 11.0. The molecule has 4 rings (SSSR count). The van der Waals surface area contributed by atoms with Gasteiger partial charge in [-0.2, -0.15) is 39.0 Å². The molecule has 0 aromatic carbocycles. The molecule has 1 amide bonds. The van der Waals surface area contributed by atoms with Crippen LogP contribution in [0, 0.1) is 22.7 Å². The summed E-state index contributed by atoms with van der Waals surface area (Å²) in [4.78, 5) is 21.6. The van der Waals surface area contributed by atoms with Gasteiger partial charge in [-0.3, -0.25) is 4.79 Å². The Morgan fingerprint density at radius 2 is 1.76 bits per heavy atom. The van der Waals surface area contributed by atoms with Crippen LogP contribution in [-0.2, 0) is 6.18 Å². The van der Waals surface area contributed by atoms with Crippen molar-refractivity contribution >= 4 is 17.4 Å². The summed E-state index contributed by atoms with van der Waals surface area (Å²) in [5, 5.41) is 31.9. The van der Waals surface area contributed by atoms with Crippen LogP contribution < -0.4 is 11.1 Å². The summed E-state index contributed by atoms with van der Waals surface area (Å²) >= 11 is 0. The van der Waals surface area contributed by atoms with E-state index in [1.165, 1.54) is 24.5 Å². The highest BCUT2D eigenvalue weighted by atomic mass is 19.4. The fourth-order valence-electron chi connectivity index (χ4n) is 2.93. The van der Waals surface area contributed by atoms with E-state index in [4.69, 9.17) is 11.0 Å². The molecule has 4 aromatic heterocycles. The van der Waals surface area contributed by atoms with Crippen LogP contribution in [0.3, 0.4) is 0 Å². The van der Waals surface area contributed by atoms with E-state index in [-0.39, 0.29) is 34.3 Å². The zero-order valence-electron chi connectivity index (χ0n) is 16.7. The van der Waals surface area contributed by atoms with Crippen molar-refractivity contribution in [2.45, 2.75) is 6.18 Å². The van der Waals surface area contributed by atoms with Crippen molar-refractivity contribution < 1.29 is 18.0 Å². The van der Waals surface area contributed by atoms with Gasteiger partial charge >= 0.3 is 6.18 Å². The number of rotatable bonds is 4. The number of nitrogens with one attached hydrogen (secondary N) is 1. The minimum absolute atomic E-state index is 0.0296. The van der Waals surface area contributed by atoms with Gasteiger partial charge in [0.2, 0.25) is 0 Å². The Morgan fingerprint density at radius 1 is 1.06 bits per heavy atom. The Labute approximate surface area is 187 Å². The van der Waals surface area contributed by atoms with Gasteiger partial charge < -0.3 is 11.1 Å². The second-order valence-electron chi connectivity index (χ2n) is 6.51. The van der Waals surface area contributed by atoms with Gasteiger partial charge in [-0.1, -0.05) is 0 Å². The van der Waals surface area contributed by atoms with Crippen molar-refractivity contribution in [3.63, 3.8) is 0 Å². The van der Waals surface area contributed by atoms with E-state index in [0.29, 0.717) is 4.68 Å². The van der Waals surface area contributed by atoms with Crippen LogP contribution >= 0.6 is 0 Å². The van der Waals surface area contributed by atoms with Crippen LogP contribution in [0.25, 0.3) is 11.6 Å². The molecule has 0 saturated heterocycles. The molecule has 0 aliphatic carbocycles. The highest BCUT2D eigenvalue weighted by molar-refractivity contribution is 6.05. The van der Waals surface area contributed by atoms with Gasteiger partial charge in [0.15, 0.2) is 17.3 Å². The molecule has 12 nitrogen and oxygen atoms in total. The number of pyridine rings is 2. The molecule has 168 valence electrons. The molecular weight excluding hydrogens is 455 g/mol. The van der Waals surface area contributed by atoms with E-state index in [2.05, 4.69) is 30.6 Å². The van der Waals surface area contributed by atoms with E-state index in [9.17, 15) is 23.2 Å². The van der Waals surface area contributed by atoms with Crippen LogP contribution in [0.5, 0.6) is 0 Å². The lowest BCUT2D eigenvalue weighted by Crippen LogP contribution is -2.21. The number of nitrogen functional groups attached to an aromatic ring is 1. The first-order valence-electron chi connectivity index (χ1n) is 9.13. The van der Waals surface area contributed by atoms with Crippen molar-refractivity contribution in [2.24, 2.45) is 0 Å². The lowest BCUT2D eigenvalue weighted by atomic mass is 10.2. The number of hydrogen-bond donors (Lipinski definition) is 2. The van der Waals surface area contributed by atoms with Gasteiger partial charge in [-0.25, -0.2) is 14.6 Å². The maximum Gasteiger partial charge on any atom is 0.434 e. The fraction of sp³-hybridized carbons (Fsp3) is 0.0526. The van der Waals surface area contributed by atoms with E-state index in [1.807, 2.05) is 6.07 Å². The molecule has 0 unspecified atom stereocenters. The molecule has 0 saturated carbocycles. The Hall–Kier alpha value is -5.31. The third-order valence-electron chi connectivity index (χ3n) is 4.38. The predicted octanol–water partition coefficient (Wildman–Crippen LogP) is 1.84. The second-order valence-corrected chi connectivity index (χ2v) is 6.51. The molecule has 4 heterocycles. The third kappa shape index (κ3) is 3.96. The number of amides is 1. The van der Waals surface area contributed by atoms with Crippen LogP contribution in [0.4, 0.5) is 24.7 Å². The quantitative estimate of drug-likeness (QED) is 0.455. The Bertz CT molecular complexity index is 1480. The second kappa shape index (κ2) is 8.32. The van der Waals surface area contributed by atoms with Crippen molar-refractivity contribution in [3.05, 3.63) is 65.4 Å². The van der Waals surface area contributed by atoms with E-state index < -0.39 is 23.3 Å². The van der Waals surface area contributed by atoms with Gasteiger partial charge in [-0.05, 0) is 18.2 Å². The fourth-order valence-corrected chi connectivity index (χ4v) is 2.93. The average molecular weight is 465 g/mol. The number of carbonyl (C=O) groups is 1. The van der Waals surface area contributed by atoms with Gasteiger partial charge in [0, 0.05) is 0 Å². The van der Waals surface area contributed by atoms with Crippen LogP contribution in [0.15, 0.2) is 43.0 Å². The van der Waals surface area contributed by atoms with Gasteiger partial charge in [-0.15, -0.1) is 4.80 Å². The van der Waals surface area contributed by atoms with Gasteiger partial charge in [0.05, 0.1) is 41.6 Å². The third-order valence-corrected chi connectivity index (χ3v) is 4.38. The topological polar surface area (TPSA) is 177 Å². The summed E-state index contributed by atoms with van der Waals surface area (Å²) in [5.74, 6) is -1.72. The van der Waals surface area contributed by atoms with Crippen LogP contribution in [0.1, 0.15) is 27.2 Å². The molecule has 0 atom stereocenters. The number of anilines is 2. The van der Waals surface area contributed by atoms with E-state index in [1.54, 1.807) is 6.07 Å². The minimum Gasteiger partial charge on any atom is -0.383 e. The Kier molecular flexibility index (Phi) is 5.36. The first kappa shape index (κ1) is 21.9. The van der Waals surface area contributed by atoms with E-state index in [0.717, 1.165) is 23.3 Å². The van der Waals surface area contributed by atoms with Crippen molar-refractivity contribution in [1.29, 1.82) is 10.5 Å². The number of halogens is 3. The maximum atomic E-state index is 13.9. The summed E-state index contributed by atoms with van der Waals surface area (Å²) < 4.78 is 42.0. The number of alkyl halides is 3. The molecule has 0 fully saturated rings.